The SMILES string of the molecule is COc1c(C(=O)O)cc(-c2nccs2)c(OC)c1OC. The van der Waals surface area contributed by atoms with E-state index in [0.29, 0.717) is 16.3 Å². The van der Waals surface area contributed by atoms with Crippen molar-refractivity contribution in [3.05, 3.63) is 23.2 Å². The molecule has 0 atom stereocenters. The Bertz CT molecular complexity index is 624. The summed E-state index contributed by atoms with van der Waals surface area (Å²) < 4.78 is 15.7. The van der Waals surface area contributed by atoms with E-state index in [0.717, 1.165) is 0 Å². The fourth-order valence-corrected chi connectivity index (χ4v) is 2.54. The monoisotopic (exact) mass is 295 g/mol. The Morgan fingerprint density at radius 2 is 1.80 bits per heavy atom. The van der Waals surface area contributed by atoms with E-state index in [4.69, 9.17) is 14.2 Å². The van der Waals surface area contributed by atoms with Crippen LogP contribution >= 0.6 is 11.3 Å². The smallest absolute Gasteiger partial charge is 0.339 e. The number of benzene rings is 1. The molecule has 0 aliphatic carbocycles. The van der Waals surface area contributed by atoms with Crippen molar-refractivity contribution in [2.45, 2.75) is 0 Å². The van der Waals surface area contributed by atoms with Gasteiger partial charge in [0.15, 0.2) is 11.5 Å². The van der Waals surface area contributed by atoms with E-state index in [9.17, 15) is 9.90 Å². The predicted octanol–water partition coefficient (Wildman–Crippen LogP) is 2.53. The Labute approximate surface area is 119 Å². The number of carboxylic acid groups (broad SMARTS) is 1. The third-order valence-electron chi connectivity index (χ3n) is 2.70. The van der Waals surface area contributed by atoms with Crippen molar-refractivity contribution >= 4 is 17.3 Å². The molecule has 106 valence electrons. The number of hydrogen-bond donors (Lipinski definition) is 1. The zero-order valence-electron chi connectivity index (χ0n) is 11.2. The van der Waals surface area contributed by atoms with Gasteiger partial charge in [0.1, 0.15) is 10.6 Å². The first-order valence-electron chi connectivity index (χ1n) is 5.60. The topological polar surface area (TPSA) is 77.9 Å². The van der Waals surface area contributed by atoms with Gasteiger partial charge < -0.3 is 19.3 Å². The summed E-state index contributed by atoms with van der Waals surface area (Å²) in [5.41, 5.74) is 0.549. The van der Waals surface area contributed by atoms with E-state index in [-0.39, 0.29) is 17.1 Å². The zero-order valence-corrected chi connectivity index (χ0v) is 12.0. The summed E-state index contributed by atoms with van der Waals surface area (Å²) in [5, 5.41) is 11.8. The minimum absolute atomic E-state index is 0.00431. The molecule has 0 aliphatic rings. The molecule has 0 unspecified atom stereocenters. The molecule has 7 heteroatoms. The highest BCUT2D eigenvalue weighted by atomic mass is 32.1. The Balaban J connectivity index is 2.80. The van der Waals surface area contributed by atoms with Crippen LogP contribution in [0.5, 0.6) is 17.2 Å². The summed E-state index contributed by atoms with van der Waals surface area (Å²) in [5.74, 6) is -0.359. The van der Waals surface area contributed by atoms with Gasteiger partial charge in [-0.15, -0.1) is 11.3 Å². The molecule has 0 aliphatic heterocycles. The average Bonchev–Trinajstić information content (AvgIpc) is 2.98. The van der Waals surface area contributed by atoms with Crippen molar-refractivity contribution in [2.75, 3.05) is 21.3 Å². The lowest BCUT2D eigenvalue weighted by molar-refractivity contribution is 0.0692. The molecule has 0 saturated heterocycles. The average molecular weight is 295 g/mol. The number of aromatic carboxylic acids is 1. The molecule has 0 bridgehead atoms. The Morgan fingerprint density at radius 3 is 2.25 bits per heavy atom. The van der Waals surface area contributed by atoms with Gasteiger partial charge in [0.25, 0.3) is 0 Å². The van der Waals surface area contributed by atoms with Crippen molar-refractivity contribution in [2.24, 2.45) is 0 Å². The summed E-state index contributed by atoms with van der Waals surface area (Å²) in [7, 11) is 4.29. The van der Waals surface area contributed by atoms with Crippen LogP contribution in [0.4, 0.5) is 0 Å². The lowest BCUT2D eigenvalue weighted by atomic mass is 10.1. The van der Waals surface area contributed by atoms with Crippen LogP contribution in [0, 0.1) is 0 Å². The number of methoxy groups -OCH3 is 3. The fourth-order valence-electron chi connectivity index (χ4n) is 1.89. The molecule has 1 heterocycles. The first-order chi connectivity index (χ1) is 9.63. The Kier molecular flexibility index (Phi) is 4.09. The summed E-state index contributed by atoms with van der Waals surface area (Å²) in [6.45, 7) is 0. The van der Waals surface area contributed by atoms with Gasteiger partial charge >= 0.3 is 5.97 Å². The zero-order chi connectivity index (χ0) is 14.7. The van der Waals surface area contributed by atoms with Crippen molar-refractivity contribution in [3.63, 3.8) is 0 Å². The summed E-state index contributed by atoms with van der Waals surface area (Å²) >= 11 is 1.38. The molecular weight excluding hydrogens is 282 g/mol. The highest BCUT2D eigenvalue weighted by Gasteiger charge is 2.25. The molecule has 0 amide bonds. The van der Waals surface area contributed by atoms with Crippen LogP contribution < -0.4 is 14.2 Å². The maximum absolute atomic E-state index is 11.4. The molecule has 1 aromatic carbocycles. The van der Waals surface area contributed by atoms with Crippen molar-refractivity contribution in [1.29, 1.82) is 0 Å². The van der Waals surface area contributed by atoms with E-state index in [2.05, 4.69) is 4.98 Å². The number of ether oxygens (including phenoxy) is 3. The normalized spacial score (nSPS) is 10.2. The standard InChI is InChI=1S/C13H13NO5S/c1-17-9-7(12-14-4-5-20-12)6-8(13(15)16)10(18-2)11(9)19-3/h4-6H,1-3H3,(H,15,16). The second-order valence-electron chi connectivity index (χ2n) is 3.71. The first kappa shape index (κ1) is 14.1. The van der Waals surface area contributed by atoms with E-state index in [1.807, 2.05) is 0 Å². The fraction of sp³-hybridized carbons (Fsp3) is 0.231. The molecular formula is C13H13NO5S. The van der Waals surface area contributed by atoms with Gasteiger partial charge in [-0.25, -0.2) is 9.78 Å². The second kappa shape index (κ2) is 5.79. The van der Waals surface area contributed by atoms with Gasteiger partial charge in [0, 0.05) is 11.6 Å². The van der Waals surface area contributed by atoms with Crippen LogP contribution in [0.2, 0.25) is 0 Å². The number of aromatic nitrogens is 1. The van der Waals surface area contributed by atoms with Crippen LogP contribution in [0.15, 0.2) is 17.6 Å². The molecule has 20 heavy (non-hydrogen) atoms. The third kappa shape index (κ3) is 2.27. The summed E-state index contributed by atoms with van der Waals surface area (Å²) in [6, 6.07) is 1.47. The van der Waals surface area contributed by atoms with E-state index >= 15 is 0 Å². The molecule has 0 fully saturated rings. The van der Waals surface area contributed by atoms with E-state index < -0.39 is 5.97 Å². The molecule has 0 spiro atoms. The molecule has 1 aromatic heterocycles. The van der Waals surface area contributed by atoms with Crippen molar-refractivity contribution < 1.29 is 24.1 Å². The number of carbonyl (C=O) groups is 1. The van der Waals surface area contributed by atoms with Gasteiger partial charge in [-0.1, -0.05) is 0 Å². The van der Waals surface area contributed by atoms with E-state index in [1.54, 1.807) is 11.6 Å². The molecule has 0 saturated carbocycles. The van der Waals surface area contributed by atoms with Gasteiger partial charge in [-0.05, 0) is 6.07 Å². The van der Waals surface area contributed by atoms with Crippen LogP contribution in [0.25, 0.3) is 10.6 Å². The molecule has 2 rings (SSSR count). The molecule has 2 aromatic rings. The lowest BCUT2D eigenvalue weighted by Crippen LogP contribution is -2.05. The van der Waals surface area contributed by atoms with Gasteiger partial charge in [-0.3, -0.25) is 0 Å². The van der Waals surface area contributed by atoms with Crippen molar-refractivity contribution in [3.8, 4) is 27.8 Å². The lowest BCUT2D eigenvalue weighted by Gasteiger charge is -2.16. The number of carboxylic acids is 1. The summed E-state index contributed by atoms with van der Waals surface area (Å²) in [6.07, 6.45) is 1.64. The number of nitrogens with zero attached hydrogens (tertiary/aromatic N) is 1. The maximum Gasteiger partial charge on any atom is 0.339 e. The minimum atomic E-state index is -1.11. The first-order valence-corrected chi connectivity index (χ1v) is 6.48. The van der Waals surface area contributed by atoms with Crippen LogP contribution in [0.1, 0.15) is 10.4 Å². The number of hydrogen-bond acceptors (Lipinski definition) is 6. The number of thiazole rings is 1. The highest BCUT2D eigenvalue weighted by Crippen LogP contribution is 2.47. The molecule has 6 nitrogen and oxygen atoms in total. The van der Waals surface area contributed by atoms with E-state index in [1.165, 1.54) is 38.7 Å². The molecule has 1 N–H and O–H groups in total. The minimum Gasteiger partial charge on any atom is -0.492 e. The van der Waals surface area contributed by atoms with Crippen LogP contribution in [0.3, 0.4) is 0 Å². The number of rotatable bonds is 5. The van der Waals surface area contributed by atoms with Gasteiger partial charge in [-0.2, -0.15) is 0 Å². The Hall–Kier alpha value is -2.28. The maximum atomic E-state index is 11.4. The van der Waals surface area contributed by atoms with Gasteiger partial charge in [0.05, 0.1) is 26.9 Å². The summed E-state index contributed by atoms with van der Waals surface area (Å²) in [4.78, 5) is 15.6. The Morgan fingerprint density at radius 1 is 1.15 bits per heavy atom. The predicted molar refractivity (Wildman–Crippen MR) is 74.2 cm³/mol. The van der Waals surface area contributed by atoms with Crippen molar-refractivity contribution in [1.82, 2.24) is 4.98 Å². The van der Waals surface area contributed by atoms with Crippen LogP contribution in [-0.2, 0) is 0 Å². The third-order valence-corrected chi connectivity index (χ3v) is 3.50. The highest BCUT2D eigenvalue weighted by molar-refractivity contribution is 7.13. The van der Waals surface area contributed by atoms with Crippen LogP contribution in [-0.4, -0.2) is 37.4 Å². The van der Waals surface area contributed by atoms with Gasteiger partial charge in [0.2, 0.25) is 5.75 Å². The molecule has 0 radical (unpaired) electrons. The largest absolute Gasteiger partial charge is 0.492 e. The quantitative estimate of drug-likeness (QED) is 0.913. The second-order valence-corrected chi connectivity index (χ2v) is 4.61.